The van der Waals surface area contributed by atoms with E-state index < -0.39 is 0 Å². The summed E-state index contributed by atoms with van der Waals surface area (Å²) in [4.78, 5) is 24.4. The van der Waals surface area contributed by atoms with E-state index in [4.69, 9.17) is 0 Å². The molecule has 0 atom stereocenters. The van der Waals surface area contributed by atoms with Crippen molar-refractivity contribution < 1.29 is 9.59 Å². The third-order valence-corrected chi connectivity index (χ3v) is 2.12. The SMILES string of the molecule is C/C=C/N1C(=O)c2ccccc2C1=O. The zero-order chi connectivity index (χ0) is 10.1. The van der Waals surface area contributed by atoms with Gasteiger partial charge in [0.1, 0.15) is 0 Å². The first-order valence-electron chi connectivity index (χ1n) is 4.35. The summed E-state index contributed by atoms with van der Waals surface area (Å²) < 4.78 is 0. The van der Waals surface area contributed by atoms with Crippen molar-refractivity contribution >= 4 is 11.8 Å². The number of rotatable bonds is 1. The molecule has 3 nitrogen and oxygen atoms in total. The summed E-state index contributed by atoms with van der Waals surface area (Å²) in [6.45, 7) is 1.77. The van der Waals surface area contributed by atoms with Gasteiger partial charge in [0.25, 0.3) is 11.8 Å². The molecule has 0 saturated heterocycles. The van der Waals surface area contributed by atoms with Crippen molar-refractivity contribution in [1.82, 2.24) is 4.90 Å². The van der Waals surface area contributed by atoms with Crippen LogP contribution in [0.2, 0.25) is 0 Å². The Morgan fingerprint density at radius 1 is 1.07 bits per heavy atom. The van der Waals surface area contributed by atoms with E-state index in [1.165, 1.54) is 6.20 Å². The van der Waals surface area contributed by atoms with Gasteiger partial charge in [0.05, 0.1) is 11.1 Å². The molecule has 1 aliphatic rings. The summed E-state index contributed by atoms with van der Waals surface area (Å²) in [6, 6.07) is 6.84. The number of amides is 2. The maximum Gasteiger partial charge on any atom is 0.265 e. The van der Waals surface area contributed by atoms with Crippen molar-refractivity contribution in [1.29, 1.82) is 0 Å². The highest BCUT2D eigenvalue weighted by molar-refractivity contribution is 6.21. The summed E-state index contributed by atoms with van der Waals surface area (Å²) in [5, 5.41) is 0. The predicted molar refractivity (Wildman–Crippen MR) is 51.8 cm³/mol. The van der Waals surface area contributed by atoms with E-state index in [2.05, 4.69) is 0 Å². The molecule has 0 unspecified atom stereocenters. The average molecular weight is 187 g/mol. The van der Waals surface area contributed by atoms with E-state index in [-0.39, 0.29) is 11.8 Å². The molecule has 0 N–H and O–H groups in total. The number of carbonyl (C=O) groups is 2. The Morgan fingerprint density at radius 2 is 1.57 bits per heavy atom. The van der Waals surface area contributed by atoms with Gasteiger partial charge in [-0.3, -0.25) is 9.59 Å². The molecular formula is C11H9NO2. The summed E-state index contributed by atoms with van der Waals surface area (Å²) >= 11 is 0. The van der Waals surface area contributed by atoms with E-state index in [0.29, 0.717) is 11.1 Å². The van der Waals surface area contributed by atoms with Crippen LogP contribution in [0.15, 0.2) is 36.5 Å². The van der Waals surface area contributed by atoms with E-state index >= 15 is 0 Å². The van der Waals surface area contributed by atoms with Gasteiger partial charge in [0, 0.05) is 6.20 Å². The third-order valence-electron chi connectivity index (χ3n) is 2.12. The Hall–Kier alpha value is -1.90. The van der Waals surface area contributed by atoms with Gasteiger partial charge in [-0.05, 0) is 19.1 Å². The van der Waals surface area contributed by atoms with E-state index in [1.807, 2.05) is 0 Å². The Bertz CT molecular complexity index is 400. The smallest absolute Gasteiger partial charge is 0.265 e. The van der Waals surface area contributed by atoms with Crippen LogP contribution in [0.25, 0.3) is 0 Å². The fraction of sp³-hybridized carbons (Fsp3) is 0.0909. The van der Waals surface area contributed by atoms with Gasteiger partial charge in [-0.25, -0.2) is 4.90 Å². The van der Waals surface area contributed by atoms with Crippen LogP contribution in [-0.2, 0) is 0 Å². The van der Waals surface area contributed by atoms with E-state index in [0.717, 1.165) is 4.90 Å². The van der Waals surface area contributed by atoms with Crippen LogP contribution < -0.4 is 0 Å². The first-order valence-corrected chi connectivity index (χ1v) is 4.35. The number of benzene rings is 1. The molecule has 70 valence electrons. The molecule has 0 aromatic heterocycles. The average Bonchev–Trinajstić information content (AvgIpc) is 2.45. The van der Waals surface area contributed by atoms with Crippen molar-refractivity contribution in [3.63, 3.8) is 0 Å². The monoisotopic (exact) mass is 187 g/mol. The number of hydrogen-bond acceptors (Lipinski definition) is 2. The van der Waals surface area contributed by atoms with Gasteiger partial charge in [-0.2, -0.15) is 0 Å². The molecule has 1 aliphatic heterocycles. The van der Waals surface area contributed by atoms with Gasteiger partial charge in [0.15, 0.2) is 0 Å². The predicted octanol–water partition coefficient (Wildman–Crippen LogP) is 1.82. The van der Waals surface area contributed by atoms with Crippen LogP contribution in [0.3, 0.4) is 0 Å². The number of fused-ring (bicyclic) bond motifs is 1. The summed E-state index contributed by atoms with van der Waals surface area (Å²) in [6.07, 6.45) is 3.16. The maximum absolute atomic E-state index is 11.7. The second kappa shape index (κ2) is 3.10. The minimum atomic E-state index is -0.247. The number of carbonyl (C=O) groups excluding carboxylic acids is 2. The summed E-state index contributed by atoms with van der Waals surface area (Å²) in [5.74, 6) is -0.493. The molecule has 2 amide bonds. The molecule has 0 spiro atoms. The number of nitrogens with zero attached hydrogens (tertiary/aromatic N) is 1. The molecule has 1 aromatic carbocycles. The maximum atomic E-state index is 11.7. The van der Waals surface area contributed by atoms with Crippen LogP contribution in [0.4, 0.5) is 0 Å². The highest BCUT2D eigenvalue weighted by Gasteiger charge is 2.33. The molecule has 14 heavy (non-hydrogen) atoms. The van der Waals surface area contributed by atoms with E-state index in [1.54, 1.807) is 37.3 Å². The molecule has 0 saturated carbocycles. The van der Waals surface area contributed by atoms with Crippen LogP contribution in [0.5, 0.6) is 0 Å². The quantitative estimate of drug-likeness (QED) is 0.629. The molecule has 3 heteroatoms. The van der Waals surface area contributed by atoms with Gasteiger partial charge in [-0.15, -0.1) is 0 Å². The Morgan fingerprint density at radius 3 is 2.00 bits per heavy atom. The number of allylic oxidation sites excluding steroid dienone is 1. The number of hydrogen-bond donors (Lipinski definition) is 0. The first kappa shape index (κ1) is 8.69. The molecule has 0 bridgehead atoms. The first-order chi connectivity index (χ1) is 6.75. The fourth-order valence-corrected chi connectivity index (χ4v) is 1.49. The minimum absolute atomic E-state index is 0.247. The Kier molecular flexibility index (Phi) is 1.93. The van der Waals surface area contributed by atoms with Crippen molar-refractivity contribution in [2.24, 2.45) is 0 Å². The fourth-order valence-electron chi connectivity index (χ4n) is 1.49. The van der Waals surface area contributed by atoms with Crippen molar-refractivity contribution in [2.45, 2.75) is 6.92 Å². The summed E-state index contributed by atoms with van der Waals surface area (Å²) in [5.41, 5.74) is 0.964. The molecule has 2 rings (SSSR count). The largest absolute Gasteiger partial charge is 0.268 e. The standard InChI is InChI=1S/C11H9NO2/c1-2-7-12-10(13)8-5-3-4-6-9(8)11(12)14/h2-7H,1H3/b7-2+. The van der Waals surface area contributed by atoms with Crippen molar-refractivity contribution in [2.75, 3.05) is 0 Å². The lowest BCUT2D eigenvalue weighted by Crippen LogP contribution is -2.23. The Balaban J connectivity index is 2.53. The van der Waals surface area contributed by atoms with Crippen LogP contribution in [-0.4, -0.2) is 16.7 Å². The Labute approximate surface area is 81.6 Å². The van der Waals surface area contributed by atoms with Gasteiger partial charge < -0.3 is 0 Å². The lowest BCUT2D eigenvalue weighted by molar-refractivity contribution is 0.0721. The normalized spacial score (nSPS) is 15.4. The van der Waals surface area contributed by atoms with Gasteiger partial charge in [-0.1, -0.05) is 18.2 Å². The zero-order valence-electron chi connectivity index (χ0n) is 7.73. The lowest BCUT2D eigenvalue weighted by Gasteiger charge is -2.05. The highest BCUT2D eigenvalue weighted by atomic mass is 16.2. The molecule has 0 fully saturated rings. The molecule has 0 radical (unpaired) electrons. The highest BCUT2D eigenvalue weighted by Crippen LogP contribution is 2.22. The van der Waals surface area contributed by atoms with Crippen molar-refractivity contribution in [3.05, 3.63) is 47.7 Å². The van der Waals surface area contributed by atoms with Crippen LogP contribution >= 0.6 is 0 Å². The molecular weight excluding hydrogens is 178 g/mol. The molecule has 0 aliphatic carbocycles. The summed E-state index contributed by atoms with van der Waals surface area (Å²) in [7, 11) is 0. The molecule has 1 heterocycles. The van der Waals surface area contributed by atoms with Gasteiger partial charge >= 0.3 is 0 Å². The van der Waals surface area contributed by atoms with E-state index in [9.17, 15) is 9.59 Å². The van der Waals surface area contributed by atoms with Crippen molar-refractivity contribution in [3.8, 4) is 0 Å². The van der Waals surface area contributed by atoms with Crippen LogP contribution in [0.1, 0.15) is 27.6 Å². The second-order valence-corrected chi connectivity index (χ2v) is 3.01. The topological polar surface area (TPSA) is 37.4 Å². The third kappa shape index (κ3) is 1.06. The molecule has 1 aromatic rings. The van der Waals surface area contributed by atoms with Gasteiger partial charge in [0.2, 0.25) is 0 Å². The minimum Gasteiger partial charge on any atom is -0.268 e. The number of imide groups is 1. The second-order valence-electron chi connectivity index (χ2n) is 3.01. The lowest BCUT2D eigenvalue weighted by atomic mass is 10.1. The zero-order valence-corrected chi connectivity index (χ0v) is 7.73. The van der Waals surface area contributed by atoms with Crippen LogP contribution in [0, 0.1) is 0 Å².